The standard InChI is InChI=1S/C18H21BrN2O2/c1-4-10-23-18-9-7-15(19)11-14(18)6-8-17(22)16-12-21(5-2)20-13(16)3/h6-9,11-12H,4-5,10H2,1-3H3/b8-6+. The summed E-state index contributed by atoms with van der Waals surface area (Å²) < 4.78 is 8.44. The summed E-state index contributed by atoms with van der Waals surface area (Å²) in [6, 6.07) is 5.78. The van der Waals surface area contributed by atoms with Gasteiger partial charge in [0.25, 0.3) is 0 Å². The maximum absolute atomic E-state index is 12.4. The molecule has 5 heteroatoms. The van der Waals surface area contributed by atoms with Crippen LogP contribution in [-0.2, 0) is 6.54 Å². The second-order valence-electron chi connectivity index (χ2n) is 5.21. The molecule has 4 nitrogen and oxygen atoms in total. The number of ether oxygens (including phenoxy) is 1. The molecule has 0 aliphatic carbocycles. The van der Waals surface area contributed by atoms with Crippen LogP contribution in [0.3, 0.4) is 0 Å². The molecule has 0 atom stereocenters. The molecule has 2 rings (SSSR count). The Labute approximate surface area is 145 Å². The molecule has 0 aliphatic rings. The largest absolute Gasteiger partial charge is 0.493 e. The number of carbonyl (C=O) groups is 1. The summed E-state index contributed by atoms with van der Waals surface area (Å²) in [5, 5.41) is 4.31. The van der Waals surface area contributed by atoms with E-state index >= 15 is 0 Å². The van der Waals surface area contributed by atoms with Crippen molar-refractivity contribution in [2.75, 3.05) is 6.61 Å². The van der Waals surface area contributed by atoms with Crippen molar-refractivity contribution in [2.24, 2.45) is 0 Å². The number of rotatable bonds is 7. The number of nitrogens with zero attached hydrogens (tertiary/aromatic N) is 2. The fourth-order valence-corrected chi connectivity index (χ4v) is 2.55. The summed E-state index contributed by atoms with van der Waals surface area (Å²) in [5.74, 6) is 0.726. The van der Waals surface area contributed by atoms with E-state index in [4.69, 9.17) is 4.74 Å². The van der Waals surface area contributed by atoms with E-state index in [1.807, 2.05) is 32.0 Å². The van der Waals surface area contributed by atoms with Crippen LogP contribution in [0.2, 0.25) is 0 Å². The van der Waals surface area contributed by atoms with Crippen molar-refractivity contribution in [2.45, 2.75) is 33.7 Å². The Balaban J connectivity index is 2.23. The van der Waals surface area contributed by atoms with Crippen molar-refractivity contribution < 1.29 is 9.53 Å². The average Bonchev–Trinajstić information content (AvgIpc) is 2.93. The quantitative estimate of drug-likeness (QED) is 0.521. The summed E-state index contributed by atoms with van der Waals surface area (Å²) in [6.45, 7) is 7.31. The van der Waals surface area contributed by atoms with E-state index in [0.29, 0.717) is 12.2 Å². The van der Waals surface area contributed by atoms with Crippen LogP contribution in [0.15, 0.2) is 34.9 Å². The number of hydrogen-bond acceptors (Lipinski definition) is 3. The molecule has 0 amide bonds. The maximum Gasteiger partial charge on any atom is 0.189 e. The van der Waals surface area contributed by atoms with E-state index in [9.17, 15) is 4.79 Å². The topological polar surface area (TPSA) is 44.1 Å². The molecular weight excluding hydrogens is 356 g/mol. The first-order chi connectivity index (χ1) is 11.0. The van der Waals surface area contributed by atoms with Crippen LogP contribution in [0.1, 0.15) is 41.9 Å². The van der Waals surface area contributed by atoms with E-state index in [1.165, 1.54) is 0 Å². The minimum Gasteiger partial charge on any atom is -0.493 e. The molecule has 1 heterocycles. The monoisotopic (exact) mass is 376 g/mol. The molecule has 2 aromatic rings. The van der Waals surface area contributed by atoms with Gasteiger partial charge >= 0.3 is 0 Å². The Morgan fingerprint density at radius 1 is 1.39 bits per heavy atom. The Bertz CT molecular complexity index is 720. The number of ketones is 1. The summed E-state index contributed by atoms with van der Waals surface area (Å²) in [4.78, 5) is 12.4. The van der Waals surface area contributed by atoms with Crippen molar-refractivity contribution in [3.63, 3.8) is 0 Å². The third kappa shape index (κ3) is 4.55. The molecule has 1 aromatic heterocycles. The molecule has 122 valence electrons. The minimum absolute atomic E-state index is 0.0522. The van der Waals surface area contributed by atoms with Gasteiger partial charge in [0.1, 0.15) is 5.75 Å². The third-order valence-electron chi connectivity index (χ3n) is 3.38. The second-order valence-corrected chi connectivity index (χ2v) is 6.13. The van der Waals surface area contributed by atoms with Gasteiger partial charge in [-0.3, -0.25) is 9.48 Å². The van der Waals surface area contributed by atoms with Gasteiger partial charge in [-0.15, -0.1) is 0 Å². The Morgan fingerprint density at radius 3 is 2.83 bits per heavy atom. The Hall–Kier alpha value is -1.88. The smallest absolute Gasteiger partial charge is 0.189 e. The molecule has 0 saturated carbocycles. The van der Waals surface area contributed by atoms with Gasteiger partial charge in [0.05, 0.1) is 17.9 Å². The second kappa shape index (κ2) is 8.11. The number of allylic oxidation sites excluding steroid dienone is 1. The molecule has 1 aromatic carbocycles. The predicted molar refractivity (Wildman–Crippen MR) is 95.9 cm³/mol. The van der Waals surface area contributed by atoms with Gasteiger partial charge in [-0.1, -0.05) is 22.9 Å². The van der Waals surface area contributed by atoms with Crippen molar-refractivity contribution in [3.05, 3.63) is 51.8 Å². The predicted octanol–water partition coefficient (Wildman–Crippen LogP) is 4.66. The van der Waals surface area contributed by atoms with Gasteiger partial charge in [-0.2, -0.15) is 5.10 Å². The fourth-order valence-electron chi connectivity index (χ4n) is 2.17. The van der Waals surface area contributed by atoms with E-state index in [2.05, 4.69) is 28.0 Å². The summed E-state index contributed by atoms with van der Waals surface area (Å²) in [7, 11) is 0. The normalized spacial score (nSPS) is 11.1. The zero-order valence-corrected chi connectivity index (χ0v) is 15.3. The summed E-state index contributed by atoms with van der Waals surface area (Å²) in [6.07, 6.45) is 6.09. The maximum atomic E-state index is 12.4. The highest BCUT2D eigenvalue weighted by Gasteiger charge is 2.11. The first kappa shape index (κ1) is 17.5. The minimum atomic E-state index is -0.0522. The molecule has 23 heavy (non-hydrogen) atoms. The van der Waals surface area contributed by atoms with Gasteiger partial charge in [0.2, 0.25) is 0 Å². The highest BCUT2D eigenvalue weighted by molar-refractivity contribution is 9.10. The Morgan fingerprint density at radius 2 is 2.17 bits per heavy atom. The Kier molecular flexibility index (Phi) is 6.16. The van der Waals surface area contributed by atoms with E-state index in [-0.39, 0.29) is 5.78 Å². The van der Waals surface area contributed by atoms with Gasteiger partial charge in [-0.25, -0.2) is 0 Å². The van der Waals surface area contributed by atoms with Crippen LogP contribution in [0.5, 0.6) is 5.75 Å². The number of aryl methyl sites for hydroxylation is 2. The van der Waals surface area contributed by atoms with E-state index in [0.717, 1.165) is 34.4 Å². The zero-order valence-electron chi connectivity index (χ0n) is 13.7. The third-order valence-corrected chi connectivity index (χ3v) is 3.88. The van der Waals surface area contributed by atoms with Crippen LogP contribution >= 0.6 is 15.9 Å². The average molecular weight is 377 g/mol. The highest BCUT2D eigenvalue weighted by atomic mass is 79.9. The zero-order chi connectivity index (χ0) is 16.8. The van der Waals surface area contributed by atoms with E-state index < -0.39 is 0 Å². The molecule has 0 spiro atoms. The first-order valence-corrected chi connectivity index (χ1v) is 8.53. The molecule has 0 bridgehead atoms. The van der Waals surface area contributed by atoms with Gasteiger partial charge in [-0.05, 0) is 50.6 Å². The van der Waals surface area contributed by atoms with Gasteiger partial charge < -0.3 is 4.74 Å². The van der Waals surface area contributed by atoms with Crippen LogP contribution < -0.4 is 4.74 Å². The van der Waals surface area contributed by atoms with Crippen molar-refractivity contribution in [1.29, 1.82) is 0 Å². The molecule has 0 aliphatic heterocycles. The summed E-state index contributed by atoms with van der Waals surface area (Å²) >= 11 is 3.45. The van der Waals surface area contributed by atoms with Crippen molar-refractivity contribution >= 4 is 27.8 Å². The van der Waals surface area contributed by atoms with Crippen LogP contribution in [0, 0.1) is 6.92 Å². The lowest BCUT2D eigenvalue weighted by Crippen LogP contribution is -1.98. The van der Waals surface area contributed by atoms with Crippen LogP contribution in [-0.4, -0.2) is 22.2 Å². The van der Waals surface area contributed by atoms with Gasteiger partial charge in [0, 0.05) is 22.8 Å². The van der Waals surface area contributed by atoms with Gasteiger partial charge in [0.15, 0.2) is 5.78 Å². The lowest BCUT2D eigenvalue weighted by molar-refractivity contribution is 0.104. The molecule has 0 radical (unpaired) electrons. The highest BCUT2D eigenvalue weighted by Crippen LogP contribution is 2.25. The first-order valence-electron chi connectivity index (χ1n) is 7.74. The molecule has 0 saturated heterocycles. The van der Waals surface area contributed by atoms with Crippen LogP contribution in [0.4, 0.5) is 0 Å². The lowest BCUT2D eigenvalue weighted by atomic mass is 10.1. The number of carbonyl (C=O) groups excluding carboxylic acids is 1. The number of halogens is 1. The fraction of sp³-hybridized carbons (Fsp3) is 0.333. The van der Waals surface area contributed by atoms with Crippen molar-refractivity contribution in [3.8, 4) is 5.75 Å². The summed E-state index contributed by atoms with van der Waals surface area (Å²) in [5.41, 5.74) is 2.26. The molecule has 0 fully saturated rings. The number of benzene rings is 1. The number of aromatic nitrogens is 2. The molecule has 0 N–H and O–H groups in total. The molecular formula is C18H21BrN2O2. The van der Waals surface area contributed by atoms with Crippen molar-refractivity contribution in [1.82, 2.24) is 9.78 Å². The SMILES string of the molecule is CCCOc1ccc(Br)cc1/C=C/C(=O)c1cn(CC)nc1C. The van der Waals surface area contributed by atoms with Crippen LogP contribution in [0.25, 0.3) is 6.08 Å². The van der Waals surface area contributed by atoms with E-state index in [1.54, 1.807) is 23.0 Å². The lowest BCUT2D eigenvalue weighted by Gasteiger charge is -2.08. The molecule has 0 unspecified atom stereocenters. The number of hydrogen-bond donors (Lipinski definition) is 0.